The highest BCUT2D eigenvalue weighted by Crippen LogP contribution is 2.43. The Morgan fingerprint density at radius 3 is 2.79 bits per heavy atom. The van der Waals surface area contributed by atoms with Crippen LogP contribution in [0.4, 0.5) is 0 Å². The molecule has 3 rings (SSSR count). The molecule has 0 radical (unpaired) electrons. The third-order valence-electron chi connectivity index (χ3n) is 2.72. The van der Waals surface area contributed by atoms with E-state index in [2.05, 4.69) is 17.1 Å². The summed E-state index contributed by atoms with van der Waals surface area (Å²) in [7, 11) is 0. The number of rotatable bonds is 1. The summed E-state index contributed by atoms with van der Waals surface area (Å²) in [6.45, 7) is 0. The minimum atomic E-state index is 0.666. The highest BCUT2D eigenvalue weighted by Gasteiger charge is 2.26. The van der Waals surface area contributed by atoms with Crippen molar-refractivity contribution < 1.29 is 0 Å². The van der Waals surface area contributed by atoms with Crippen molar-refractivity contribution in [1.82, 2.24) is 4.98 Å². The number of hydrogen-bond acceptors (Lipinski definition) is 1. The highest BCUT2D eigenvalue weighted by atomic mass is 35.5. The van der Waals surface area contributed by atoms with Gasteiger partial charge in [0, 0.05) is 5.39 Å². The molecule has 1 heterocycles. The maximum Gasteiger partial charge on any atom is 0.133 e. The second kappa shape index (κ2) is 2.96. The predicted molar refractivity (Wildman–Crippen MR) is 58.7 cm³/mol. The third-order valence-corrected chi connectivity index (χ3v) is 3.02. The topological polar surface area (TPSA) is 12.9 Å². The van der Waals surface area contributed by atoms with Gasteiger partial charge in [0.05, 0.1) is 5.52 Å². The lowest BCUT2D eigenvalue weighted by Crippen LogP contribution is -1.87. The van der Waals surface area contributed by atoms with E-state index in [0.717, 1.165) is 5.52 Å². The first-order chi connectivity index (χ1) is 6.84. The molecule has 1 aliphatic carbocycles. The van der Waals surface area contributed by atoms with Crippen LogP contribution in [0, 0.1) is 0 Å². The standard InChI is InChI=1S/C12H10ClN/c13-12-10(8-5-6-8)7-9-3-1-2-4-11(9)14-12/h1-4,7-8H,5-6H2. The lowest BCUT2D eigenvalue weighted by molar-refractivity contribution is 1.11. The molecule has 1 aromatic heterocycles. The van der Waals surface area contributed by atoms with Crippen molar-refractivity contribution in [3.05, 3.63) is 41.0 Å². The summed E-state index contributed by atoms with van der Waals surface area (Å²) >= 11 is 6.13. The van der Waals surface area contributed by atoms with Crippen LogP contribution in [0.25, 0.3) is 10.9 Å². The van der Waals surface area contributed by atoms with Gasteiger partial charge in [-0.2, -0.15) is 0 Å². The summed E-state index contributed by atoms with van der Waals surface area (Å²) in [5.41, 5.74) is 2.22. The van der Waals surface area contributed by atoms with Gasteiger partial charge in [-0.3, -0.25) is 0 Å². The van der Waals surface area contributed by atoms with Gasteiger partial charge < -0.3 is 0 Å². The summed E-state index contributed by atoms with van der Waals surface area (Å²) < 4.78 is 0. The Labute approximate surface area is 87.7 Å². The number of benzene rings is 1. The molecule has 1 fully saturated rings. The van der Waals surface area contributed by atoms with E-state index in [1.807, 2.05) is 18.2 Å². The first-order valence-corrected chi connectivity index (χ1v) is 5.27. The van der Waals surface area contributed by atoms with Gasteiger partial charge in [0.2, 0.25) is 0 Å². The molecule has 1 nitrogen and oxygen atoms in total. The van der Waals surface area contributed by atoms with Crippen LogP contribution < -0.4 is 0 Å². The first-order valence-electron chi connectivity index (χ1n) is 4.90. The largest absolute Gasteiger partial charge is 0.236 e. The van der Waals surface area contributed by atoms with Crippen LogP contribution in [-0.2, 0) is 0 Å². The smallest absolute Gasteiger partial charge is 0.133 e. The zero-order valence-electron chi connectivity index (χ0n) is 7.70. The summed E-state index contributed by atoms with van der Waals surface area (Å²) in [4.78, 5) is 4.40. The van der Waals surface area contributed by atoms with Crippen LogP contribution in [0.2, 0.25) is 5.15 Å². The number of aromatic nitrogens is 1. The average molecular weight is 204 g/mol. The molecule has 1 saturated carbocycles. The molecular formula is C12H10ClN. The average Bonchev–Trinajstić information content (AvgIpc) is 3.00. The molecule has 14 heavy (non-hydrogen) atoms. The molecule has 0 saturated heterocycles. The zero-order chi connectivity index (χ0) is 9.54. The number of nitrogens with zero attached hydrogens (tertiary/aromatic N) is 1. The maximum absolute atomic E-state index is 6.13. The number of para-hydroxylation sites is 1. The lowest BCUT2D eigenvalue weighted by atomic mass is 10.1. The SMILES string of the molecule is Clc1nc2ccccc2cc1C1CC1. The molecule has 0 spiro atoms. The van der Waals surface area contributed by atoms with Crippen LogP contribution >= 0.6 is 11.6 Å². The molecule has 0 bridgehead atoms. The summed E-state index contributed by atoms with van der Waals surface area (Å²) in [5.74, 6) is 0.666. The summed E-state index contributed by atoms with van der Waals surface area (Å²) in [6, 6.07) is 10.3. The Kier molecular flexibility index (Phi) is 1.74. The van der Waals surface area contributed by atoms with Crippen molar-refractivity contribution in [3.63, 3.8) is 0 Å². The summed E-state index contributed by atoms with van der Waals surface area (Å²) in [6.07, 6.45) is 2.53. The fraction of sp³-hybridized carbons (Fsp3) is 0.250. The predicted octanol–water partition coefficient (Wildman–Crippen LogP) is 3.77. The first kappa shape index (κ1) is 8.25. The second-order valence-electron chi connectivity index (χ2n) is 3.84. The molecule has 2 heteroatoms. The van der Waals surface area contributed by atoms with Crippen molar-refractivity contribution in [2.75, 3.05) is 0 Å². The number of pyridine rings is 1. The lowest BCUT2D eigenvalue weighted by Gasteiger charge is -2.03. The van der Waals surface area contributed by atoms with Crippen molar-refractivity contribution >= 4 is 22.5 Å². The third kappa shape index (κ3) is 1.28. The zero-order valence-corrected chi connectivity index (χ0v) is 8.46. The van der Waals surface area contributed by atoms with Crippen LogP contribution in [0.3, 0.4) is 0 Å². The van der Waals surface area contributed by atoms with Crippen LogP contribution in [0.5, 0.6) is 0 Å². The molecular weight excluding hydrogens is 194 g/mol. The summed E-state index contributed by atoms with van der Waals surface area (Å²) in [5, 5.41) is 1.88. The quantitative estimate of drug-likeness (QED) is 0.643. The molecule has 0 amide bonds. The van der Waals surface area contributed by atoms with Gasteiger partial charge in [-0.25, -0.2) is 4.98 Å². The number of halogens is 1. The Hall–Kier alpha value is -1.08. The van der Waals surface area contributed by atoms with Gasteiger partial charge in [-0.1, -0.05) is 29.8 Å². The van der Waals surface area contributed by atoms with E-state index >= 15 is 0 Å². The van der Waals surface area contributed by atoms with Crippen LogP contribution in [-0.4, -0.2) is 4.98 Å². The fourth-order valence-corrected chi connectivity index (χ4v) is 2.09. The minimum absolute atomic E-state index is 0.666. The molecule has 2 aromatic rings. The van der Waals surface area contributed by atoms with Gasteiger partial charge >= 0.3 is 0 Å². The van der Waals surface area contributed by atoms with E-state index in [4.69, 9.17) is 11.6 Å². The molecule has 0 N–H and O–H groups in total. The molecule has 70 valence electrons. The Bertz CT molecular complexity index is 489. The fourth-order valence-electron chi connectivity index (χ4n) is 1.79. The Morgan fingerprint density at radius 1 is 1.21 bits per heavy atom. The van der Waals surface area contributed by atoms with E-state index in [1.165, 1.54) is 23.8 Å². The van der Waals surface area contributed by atoms with E-state index in [0.29, 0.717) is 11.1 Å². The van der Waals surface area contributed by atoms with Crippen LogP contribution in [0.15, 0.2) is 30.3 Å². The van der Waals surface area contributed by atoms with E-state index in [1.54, 1.807) is 0 Å². The van der Waals surface area contributed by atoms with Gasteiger partial charge in [-0.15, -0.1) is 0 Å². The number of hydrogen-bond donors (Lipinski definition) is 0. The molecule has 0 aliphatic heterocycles. The second-order valence-corrected chi connectivity index (χ2v) is 4.19. The van der Waals surface area contributed by atoms with Gasteiger partial charge in [0.15, 0.2) is 0 Å². The molecule has 0 atom stereocenters. The van der Waals surface area contributed by atoms with Crippen molar-refractivity contribution in [1.29, 1.82) is 0 Å². The van der Waals surface area contributed by atoms with E-state index in [-0.39, 0.29) is 0 Å². The number of fused-ring (bicyclic) bond motifs is 1. The van der Waals surface area contributed by atoms with Gasteiger partial charge in [0.25, 0.3) is 0 Å². The minimum Gasteiger partial charge on any atom is -0.236 e. The molecule has 1 aliphatic rings. The van der Waals surface area contributed by atoms with E-state index in [9.17, 15) is 0 Å². The van der Waals surface area contributed by atoms with Gasteiger partial charge in [-0.05, 0) is 36.5 Å². The Morgan fingerprint density at radius 2 is 2.00 bits per heavy atom. The van der Waals surface area contributed by atoms with Crippen molar-refractivity contribution in [2.24, 2.45) is 0 Å². The monoisotopic (exact) mass is 203 g/mol. The Balaban J connectivity index is 2.26. The van der Waals surface area contributed by atoms with Crippen LogP contribution in [0.1, 0.15) is 24.3 Å². The molecule has 1 aromatic carbocycles. The van der Waals surface area contributed by atoms with Crippen molar-refractivity contribution in [2.45, 2.75) is 18.8 Å². The van der Waals surface area contributed by atoms with Crippen molar-refractivity contribution in [3.8, 4) is 0 Å². The highest BCUT2D eigenvalue weighted by molar-refractivity contribution is 6.30. The molecule has 0 unspecified atom stereocenters. The normalized spacial score (nSPS) is 16.1. The van der Waals surface area contributed by atoms with Gasteiger partial charge in [0.1, 0.15) is 5.15 Å². The maximum atomic E-state index is 6.13. The van der Waals surface area contributed by atoms with E-state index < -0.39 is 0 Å².